The highest BCUT2D eigenvalue weighted by molar-refractivity contribution is 4.82. The van der Waals surface area contributed by atoms with Crippen LogP contribution in [0.1, 0.15) is 181 Å². The summed E-state index contributed by atoms with van der Waals surface area (Å²) in [5, 5.41) is 0. The van der Waals surface area contributed by atoms with Crippen LogP contribution in [0.4, 0.5) is 0 Å². The van der Waals surface area contributed by atoms with Crippen LogP contribution in [0.3, 0.4) is 0 Å². The molecule has 0 heteroatoms. The van der Waals surface area contributed by atoms with Gasteiger partial charge in [0.25, 0.3) is 0 Å². The maximum absolute atomic E-state index is 2.32. The van der Waals surface area contributed by atoms with Gasteiger partial charge >= 0.3 is 0 Å². The fourth-order valence-corrected chi connectivity index (χ4v) is 7.03. The van der Waals surface area contributed by atoms with Gasteiger partial charge in [-0.15, -0.1) is 0 Å². The first-order valence-corrected chi connectivity index (χ1v) is 15.8. The van der Waals surface area contributed by atoms with Crippen molar-refractivity contribution in [3.05, 3.63) is 0 Å². The predicted octanol–water partition coefficient (Wildman–Crippen LogP) is 11.7. The van der Waals surface area contributed by atoms with Crippen molar-refractivity contribution in [2.75, 3.05) is 0 Å². The van der Waals surface area contributed by atoms with Crippen molar-refractivity contribution < 1.29 is 0 Å². The molecule has 0 radical (unpaired) electrons. The Morgan fingerprint density at radius 1 is 0.344 bits per heavy atom. The second-order valence-corrected chi connectivity index (χ2v) is 12.1. The summed E-state index contributed by atoms with van der Waals surface area (Å²) in [5.74, 6) is 4.39. The van der Waals surface area contributed by atoms with Gasteiger partial charge in [0.2, 0.25) is 0 Å². The number of unbranched alkanes of at least 4 members (excludes halogenated alkanes) is 14. The van der Waals surface area contributed by atoms with Crippen LogP contribution in [0.25, 0.3) is 0 Å². The first-order valence-electron chi connectivity index (χ1n) is 15.8. The Morgan fingerprint density at radius 3 is 0.938 bits per heavy atom. The van der Waals surface area contributed by atoms with Crippen molar-refractivity contribution in [3.63, 3.8) is 0 Å². The zero-order valence-corrected chi connectivity index (χ0v) is 22.7. The summed E-state index contributed by atoms with van der Waals surface area (Å²) in [7, 11) is 0. The highest BCUT2D eigenvalue weighted by Crippen LogP contribution is 2.43. The average molecular weight is 447 g/mol. The van der Waals surface area contributed by atoms with Crippen molar-refractivity contribution in [1.29, 1.82) is 0 Å². The van der Waals surface area contributed by atoms with E-state index in [0.717, 1.165) is 23.7 Å². The monoisotopic (exact) mass is 446 g/mol. The van der Waals surface area contributed by atoms with Gasteiger partial charge in [-0.05, 0) is 49.4 Å². The predicted molar refractivity (Wildman–Crippen MR) is 145 cm³/mol. The Balaban J connectivity index is 1.41. The molecule has 0 bridgehead atoms. The molecule has 0 N–H and O–H groups in total. The Labute approximate surface area is 204 Å². The molecule has 2 rings (SSSR count). The van der Waals surface area contributed by atoms with Gasteiger partial charge in [0, 0.05) is 0 Å². The van der Waals surface area contributed by atoms with E-state index in [2.05, 4.69) is 13.8 Å². The molecule has 0 heterocycles. The molecule has 32 heavy (non-hydrogen) atoms. The van der Waals surface area contributed by atoms with Crippen molar-refractivity contribution >= 4 is 0 Å². The van der Waals surface area contributed by atoms with E-state index in [1.165, 1.54) is 103 Å². The van der Waals surface area contributed by atoms with Crippen molar-refractivity contribution in [1.82, 2.24) is 0 Å². The first-order chi connectivity index (χ1) is 15.8. The molecule has 0 unspecified atom stereocenters. The zero-order valence-electron chi connectivity index (χ0n) is 22.7. The van der Waals surface area contributed by atoms with Crippen LogP contribution in [0, 0.1) is 23.7 Å². The minimum atomic E-state index is 1.09. The average Bonchev–Trinajstić information content (AvgIpc) is 2.83. The van der Waals surface area contributed by atoms with Crippen LogP contribution in [-0.2, 0) is 0 Å². The SMILES string of the molecule is CCCCCCCCCCC1CCC(C2CCC(CCCCCCCCCC)CC2)CC1. The fraction of sp³-hybridized carbons (Fsp3) is 1.00. The third-order valence-electron chi connectivity index (χ3n) is 9.38. The summed E-state index contributed by atoms with van der Waals surface area (Å²) in [6.45, 7) is 4.64. The van der Waals surface area contributed by atoms with E-state index in [1.807, 2.05) is 0 Å². The number of hydrogen-bond acceptors (Lipinski definition) is 0. The van der Waals surface area contributed by atoms with Gasteiger partial charge < -0.3 is 0 Å². The fourth-order valence-electron chi connectivity index (χ4n) is 7.03. The van der Waals surface area contributed by atoms with Crippen LogP contribution < -0.4 is 0 Å². The van der Waals surface area contributed by atoms with Gasteiger partial charge in [0.05, 0.1) is 0 Å². The van der Waals surface area contributed by atoms with E-state index in [1.54, 1.807) is 64.2 Å². The minimum Gasteiger partial charge on any atom is -0.0654 e. The summed E-state index contributed by atoms with van der Waals surface area (Å²) >= 11 is 0. The smallest absolute Gasteiger partial charge is 0.0386 e. The second-order valence-electron chi connectivity index (χ2n) is 12.1. The Kier molecular flexibility index (Phi) is 17.1. The van der Waals surface area contributed by atoms with E-state index in [9.17, 15) is 0 Å². The Morgan fingerprint density at radius 2 is 0.625 bits per heavy atom. The molecule has 2 aliphatic rings. The molecule has 2 aliphatic carbocycles. The number of rotatable bonds is 19. The maximum Gasteiger partial charge on any atom is -0.0386 e. The summed E-state index contributed by atoms with van der Waals surface area (Å²) < 4.78 is 0. The highest BCUT2D eigenvalue weighted by Gasteiger charge is 2.30. The first kappa shape index (κ1) is 28.2. The molecule has 0 nitrogen and oxygen atoms in total. The van der Waals surface area contributed by atoms with Gasteiger partial charge in [-0.2, -0.15) is 0 Å². The molecule has 0 spiro atoms. The second kappa shape index (κ2) is 19.3. The molecule has 0 saturated heterocycles. The lowest BCUT2D eigenvalue weighted by Crippen LogP contribution is -2.25. The number of hydrogen-bond donors (Lipinski definition) is 0. The lowest BCUT2D eigenvalue weighted by Gasteiger charge is -2.38. The van der Waals surface area contributed by atoms with Crippen molar-refractivity contribution in [2.24, 2.45) is 23.7 Å². The van der Waals surface area contributed by atoms with Crippen molar-refractivity contribution in [3.8, 4) is 0 Å². The van der Waals surface area contributed by atoms with E-state index in [4.69, 9.17) is 0 Å². The maximum atomic E-state index is 2.32. The highest BCUT2D eigenvalue weighted by atomic mass is 14.4. The summed E-state index contributed by atoms with van der Waals surface area (Å²) in [6.07, 6.45) is 39.3. The largest absolute Gasteiger partial charge is 0.0654 e. The van der Waals surface area contributed by atoms with Crippen LogP contribution in [0.5, 0.6) is 0 Å². The molecule has 2 saturated carbocycles. The van der Waals surface area contributed by atoms with Crippen LogP contribution in [0.15, 0.2) is 0 Å². The van der Waals surface area contributed by atoms with Gasteiger partial charge in [-0.1, -0.05) is 155 Å². The third kappa shape index (κ3) is 13.0. The molecule has 0 aromatic heterocycles. The molecular formula is C32H62. The summed E-state index contributed by atoms with van der Waals surface area (Å²) in [4.78, 5) is 0. The molecule has 190 valence electrons. The van der Waals surface area contributed by atoms with E-state index >= 15 is 0 Å². The van der Waals surface area contributed by atoms with Crippen LogP contribution >= 0.6 is 0 Å². The normalized spacial score (nSPS) is 26.4. The summed E-state index contributed by atoms with van der Waals surface area (Å²) in [5.41, 5.74) is 0. The summed E-state index contributed by atoms with van der Waals surface area (Å²) in [6, 6.07) is 0. The molecule has 0 aromatic rings. The Hall–Kier alpha value is 0. The molecule has 0 aliphatic heterocycles. The molecular weight excluding hydrogens is 384 g/mol. The van der Waals surface area contributed by atoms with Crippen molar-refractivity contribution in [2.45, 2.75) is 181 Å². The van der Waals surface area contributed by atoms with Crippen LogP contribution in [-0.4, -0.2) is 0 Å². The zero-order chi connectivity index (χ0) is 22.7. The minimum absolute atomic E-state index is 1.09. The molecule has 0 atom stereocenters. The third-order valence-corrected chi connectivity index (χ3v) is 9.38. The standard InChI is InChI=1S/C32H62/c1-3-5-7-9-11-13-15-17-19-29-21-25-31(26-22-29)32-27-23-30(24-28-32)20-18-16-14-12-10-8-6-4-2/h29-32H,3-28H2,1-2H3. The van der Waals surface area contributed by atoms with E-state index in [0.29, 0.717) is 0 Å². The lowest BCUT2D eigenvalue weighted by atomic mass is 9.68. The van der Waals surface area contributed by atoms with Gasteiger partial charge in [0.1, 0.15) is 0 Å². The quantitative estimate of drug-likeness (QED) is 0.173. The topological polar surface area (TPSA) is 0 Å². The van der Waals surface area contributed by atoms with E-state index < -0.39 is 0 Å². The van der Waals surface area contributed by atoms with Gasteiger partial charge in [0.15, 0.2) is 0 Å². The van der Waals surface area contributed by atoms with Crippen LogP contribution in [0.2, 0.25) is 0 Å². The van der Waals surface area contributed by atoms with Gasteiger partial charge in [-0.25, -0.2) is 0 Å². The molecule has 2 fully saturated rings. The van der Waals surface area contributed by atoms with E-state index in [-0.39, 0.29) is 0 Å². The Bertz CT molecular complexity index is 345. The molecule has 0 aromatic carbocycles. The molecule has 0 amide bonds. The van der Waals surface area contributed by atoms with Gasteiger partial charge in [-0.3, -0.25) is 0 Å². The lowest BCUT2D eigenvalue weighted by molar-refractivity contribution is 0.139.